The van der Waals surface area contributed by atoms with E-state index in [1.54, 1.807) is 13.0 Å². The smallest absolute Gasteiger partial charge is 0.161 e. The Morgan fingerprint density at radius 1 is 1.24 bits per heavy atom. The van der Waals surface area contributed by atoms with E-state index in [0.29, 0.717) is 40.3 Å². The predicted molar refractivity (Wildman–Crippen MR) is 141 cm³/mol. The number of fused-ring (bicyclic) bond motifs is 1. The van der Waals surface area contributed by atoms with Crippen molar-refractivity contribution >= 4 is 22.5 Å². The van der Waals surface area contributed by atoms with Crippen molar-refractivity contribution in [2.24, 2.45) is 0 Å². The van der Waals surface area contributed by atoms with Crippen LogP contribution in [0.4, 0.5) is 8.78 Å². The van der Waals surface area contributed by atoms with Crippen molar-refractivity contribution in [1.29, 1.82) is 0 Å². The molecule has 0 saturated heterocycles. The Balaban J connectivity index is 1.68. The van der Waals surface area contributed by atoms with Gasteiger partial charge >= 0.3 is 0 Å². The Labute approximate surface area is 219 Å². The van der Waals surface area contributed by atoms with Gasteiger partial charge in [0, 0.05) is 35.9 Å². The van der Waals surface area contributed by atoms with Gasteiger partial charge in [-0.1, -0.05) is 36.7 Å². The number of aryl methyl sites for hydroxylation is 1. The van der Waals surface area contributed by atoms with Crippen LogP contribution in [0.25, 0.3) is 16.6 Å². The number of pyridine rings is 1. The molecule has 0 radical (unpaired) electrons. The van der Waals surface area contributed by atoms with E-state index < -0.39 is 17.7 Å². The number of hydrogen-bond acceptors (Lipinski definition) is 5. The van der Waals surface area contributed by atoms with E-state index in [-0.39, 0.29) is 11.6 Å². The molecule has 2 heterocycles. The maximum absolute atomic E-state index is 14.3. The highest BCUT2D eigenvalue weighted by molar-refractivity contribution is 6.31. The second-order valence-electron chi connectivity index (χ2n) is 8.92. The topological polar surface area (TPSA) is 63.4 Å². The van der Waals surface area contributed by atoms with Crippen LogP contribution >= 0.6 is 11.6 Å². The SMILES string of the molecule is CC/C=C(/C(C)O)N(C)Cc1cc(F)cc(Cl)c1COc1cccc2c(-n3cc(F)cn3)cc(C)nc12. The molecule has 0 fully saturated rings. The summed E-state index contributed by atoms with van der Waals surface area (Å²) in [4.78, 5) is 6.53. The summed E-state index contributed by atoms with van der Waals surface area (Å²) in [5, 5.41) is 15.3. The highest BCUT2D eigenvalue weighted by atomic mass is 35.5. The average Bonchev–Trinajstić information content (AvgIpc) is 3.27. The first-order valence-corrected chi connectivity index (χ1v) is 12.4. The number of aliphatic hydroxyl groups is 1. The Bertz CT molecular complexity index is 1450. The average molecular weight is 527 g/mol. The van der Waals surface area contributed by atoms with Crippen LogP contribution in [-0.4, -0.2) is 37.9 Å². The monoisotopic (exact) mass is 526 g/mol. The summed E-state index contributed by atoms with van der Waals surface area (Å²) < 4.78 is 35.6. The number of allylic oxidation sites excluding steroid dienone is 1. The van der Waals surface area contributed by atoms with Gasteiger partial charge in [-0.3, -0.25) is 0 Å². The van der Waals surface area contributed by atoms with Gasteiger partial charge in [0.05, 0.1) is 29.2 Å². The van der Waals surface area contributed by atoms with Gasteiger partial charge in [0.15, 0.2) is 5.82 Å². The third kappa shape index (κ3) is 5.92. The van der Waals surface area contributed by atoms with Crippen molar-refractivity contribution in [3.8, 4) is 11.4 Å². The van der Waals surface area contributed by atoms with Crippen LogP contribution in [0.5, 0.6) is 5.75 Å². The Morgan fingerprint density at radius 2 is 2.03 bits per heavy atom. The summed E-state index contributed by atoms with van der Waals surface area (Å²) in [5.74, 6) is -0.384. The number of ether oxygens (including phenoxy) is 1. The minimum absolute atomic E-state index is 0.0737. The van der Waals surface area contributed by atoms with Crippen LogP contribution in [0.2, 0.25) is 5.02 Å². The number of rotatable bonds is 9. The van der Waals surface area contributed by atoms with Crippen LogP contribution in [0.3, 0.4) is 0 Å². The van der Waals surface area contributed by atoms with Crippen LogP contribution in [0.1, 0.15) is 37.1 Å². The zero-order chi connectivity index (χ0) is 26.7. The molecule has 0 spiro atoms. The number of para-hydroxylation sites is 1. The highest BCUT2D eigenvalue weighted by Gasteiger charge is 2.18. The van der Waals surface area contributed by atoms with E-state index in [4.69, 9.17) is 16.3 Å². The molecular formula is C28H29ClF2N4O2. The molecule has 9 heteroatoms. The summed E-state index contributed by atoms with van der Waals surface area (Å²) in [6, 6.07) is 10.0. The predicted octanol–water partition coefficient (Wildman–Crippen LogP) is 6.35. The molecule has 1 N–H and O–H groups in total. The Hall–Kier alpha value is -3.49. The maximum Gasteiger partial charge on any atom is 0.161 e. The van der Waals surface area contributed by atoms with Crippen LogP contribution in [0, 0.1) is 18.6 Å². The number of aliphatic hydroxyl groups excluding tert-OH is 1. The fourth-order valence-electron chi connectivity index (χ4n) is 4.38. The maximum atomic E-state index is 14.3. The number of benzene rings is 2. The van der Waals surface area contributed by atoms with Crippen molar-refractivity contribution in [3.05, 3.63) is 94.0 Å². The lowest BCUT2D eigenvalue weighted by atomic mass is 10.1. The van der Waals surface area contributed by atoms with Gasteiger partial charge in [0.2, 0.25) is 0 Å². The lowest BCUT2D eigenvalue weighted by Crippen LogP contribution is -2.25. The molecular weight excluding hydrogens is 498 g/mol. The van der Waals surface area contributed by atoms with E-state index in [0.717, 1.165) is 23.7 Å². The molecule has 1 atom stereocenters. The summed E-state index contributed by atoms with van der Waals surface area (Å²) >= 11 is 6.47. The molecule has 0 amide bonds. The van der Waals surface area contributed by atoms with Gasteiger partial charge < -0.3 is 14.7 Å². The molecule has 194 valence electrons. The molecule has 0 aliphatic heterocycles. The fraction of sp³-hybridized carbons (Fsp3) is 0.286. The Kier molecular flexibility index (Phi) is 8.10. The first-order valence-electron chi connectivity index (χ1n) is 12.0. The number of halogens is 3. The molecule has 2 aromatic heterocycles. The summed E-state index contributed by atoms with van der Waals surface area (Å²) in [7, 11) is 1.84. The van der Waals surface area contributed by atoms with Gasteiger partial charge in [0.25, 0.3) is 0 Å². The van der Waals surface area contributed by atoms with Crippen molar-refractivity contribution in [2.75, 3.05) is 7.05 Å². The molecule has 2 aromatic carbocycles. The molecule has 1 unspecified atom stereocenters. The van der Waals surface area contributed by atoms with Gasteiger partial charge in [-0.05, 0) is 50.1 Å². The molecule has 0 aliphatic rings. The number of likely N-dealkylation sites (N-methyl/N-ethyl adjacent to an activating group) is 1. The summed E-state index contributed by atoms with van der Waals surface area (Å²) in [6.07, 6.45) is 4.48. The lowest BCUT2D eigenvalue weighted by molar-refractivity contribution is 0.185. The van der Waals surface area contributed by atoms with Gasteiger partial charge in [0.1, 0.15) is 23.7 Å². The third-order valence-corrected chi connectivity index (χ3v) is 6.36. The van der Waals surface area contributed by atoms with Gasteiger partial charge in [-0.15, -0.1) is 0 Å². The molecule has 37 heavy (non-hydrogen) atoms. The van der Waals surface area contributed by atoms with Gasteiger partial charge in [-0.25, -0.2) is 18.4 Å². The lowest BCUT2D eigenvalue weighted by Gasteiger charge is -2.26. The van der Waals surface area contributed by atoms with Crippen molar-refractivity contribution in [3.63, 3.8) is 0 Å². The van der Waals surface area contributed by atoms with Crippen molar-refractivity contribution in [2.45, 2.75) is 46.4 Å². The number of hydrogen-bond donors (Lipinski definition) is 1. The molecule has 6 nitrogen and oxygen atoms in total. The number of aromatic nitrogens is 3. The van der Waals surface area contributed by atoms with E-state index in [2.05, 4.69) is 10.1 Å². The van der Waals surface area contributed by atoms with Crippen molar-refractivity contribution < 1.29 is 18.6 Å². The summed E-state index contributed by atoms with van der Waals surface area (Å²) in [6.45, 7) is 5.93. The number of nitrogens with zero attached hydrogens (tertiary/aromatic N) is 4. The van der Waals surface area contributed by atoms with E-state index in [1.807, 2.05) is 50.1 Å². The van der Waals surface area contributed by atoms with Crippen LogP contribution in [-0.2, 0) is 13.2 Å². The second kappa shape index (κ2) is 11.3. The zero-order valence-electron chi connectivity index (χ0n) is 21.2. The molecule has 4 rings (SSSR count). The largest absolute Gasteiger partial charge is 0.487 e. The molecule has 4 aromatic rings. The zero-order valence-corrected chi connectivity index (χ0v) is 21.9. The van der Waals surface area contributed by atoms with Crippen LogP contribution in [0.15, 0.2) is 60.6 Å². The fourth-order valence-corrected chi connectivity index (χ4v) is 4.66. The van der Waals surface area contributed by atoms with Crippen LogP contribution < -0.4 is 4.74 Å². The van der Waals surface area contributed by atoms with E-state index >= 15 is 0 Å². The standard InChI is InChI=1S/C28H29ClF2N4O2/c1-5-7-25(18(3)36)34(4)14-19-11-20(30)12-24(29)23(19)16-37-27-9-6-8-22-26(10-17(2)33-28(22)27)35-15-21(31)13-32-35/h6-13,15,18,36H,5,14,16H2,1-4H3/b25-7-. The quantitative estimate of drug-likeness (QED) is 0.275. The first kappa shape index (κ1) is 26.6. The highest BCUT2D eigenvalue weighted by Crippen LogP contribution is 2.31. The minimum Gasteiger partial charge on any atom is -0.487 e. The normalized spacial score (nSPS) is 12.7. The van der Waals surface area contributed by atoms with Crippen molar-refractivity contribution in [1.82, 2.24) is 19.7 Å². The molecule has 0 bridgehead atoms. The van der Waals surface area contributed by atoms with E-state index in [9.17, 15) is 13.9 Å². The van der Waals surface area contributed by atoms with E-state index in [1.165, 1.54) is 23.0 Å². The first-order chi connectivity index (χ1) is 17.7. The van der Waals surface area contributed by atoms with Gasteiger partial charge in [-0.2, -0.15) is 5.10 Å². The summed E-state index contributed by atoms with van der Waals surface area (Å²) in [5.41, 5.74) is 4.00. The molecule has 0 aliphatic carbocycles. The third-order valence-electron chi connectivity index (χ3n) is 6.02. The molecule has 0 saturated carbocycles. The second-order valence-corrected chi connectivity index (χ2v) is 9.33. The Morgan fingerprint density at radius 3 is 2.70 bits per heavy atom. The minimum atomic E-state index is -0.670.